The number of carboxylic acid groups (broad SMARTS) is 1. The fraction of sp³-hybridized carbons (Fsp3) is 0.222. The average molecular weight is 329 g/mol. The van der Waals surface area contributed by atoms with E-state index >= 15 is 0 Å². The van der Waals surface area contributed by atoms with Crippen LogP contribution < -0.4 is 14.8 Å². The topological polar surface area (TPSA) is 84.9 Å². The van der Waals surface area contributed by atoms with Gasteiger partial charge in [-0.05, 0) is 48.2 Å². The highest BCUT2D eigenvalue weighted by Gasteiger charge is 2.10. The minimum atomic E-state index is -1.51. The van der Waals surface area contributed by atoms with Gasteiger partial charge in [-0.1, -0.05) is 18.2 Å². The van der Waals surface area contributed by atoms with Gasteiger partial charge in [0.2, 0.25) is 0 Å². The van der Waals surface area contributed by atoms with Crippen molar-refractivity contribution in [3.63, 3.8) is 0 Å². The Hall–Kier alpha value is -3.02. The summed E-state index contributed by atoms with van der Waals surface area (Å²) in [4.78, 5) is 21.6. The molecule has 0 atom stereocenters. The molecule has 24 heavy (non-hydrogen) atoms. The van der Waals surface area contributed by atoms with Crippen molar-refractivity contribution >= 4 is 17.6 Å². The van der Waals surface area contributed by atoms with Crippen LogP contribution in [0.5, 0.6) is 11.5 Å². The molecule has 2 aromatic rings. The number of ether oxygens (including phenoxy) is 2. The van der Waals surface area contributed by atoms with Crippen LogP contribution >= 0.6 is 0 Å². The third-order valence-corrected chi connectivity index (χ3v) is 3.56. The van der Waals surface area contributed by atoms with E-state index in [0.29, 0.717) is 17.2 Å². The van der Waals surface area contributed by atoms with Gasteiger partial charge in [-0.3, -0.25) is 4.79 Å². The molecule has 2 rings (SSSR count). The smallest absolute Gasteiger partial charge is 0.394 e. The van der Waals surface area contributed by atoms with E-state index in [-0.39, 0.29) is 0 Å². The molecule has 0 bridgehead atoms. The Balaban J connectivity index is 1.97. The van der Waals surface area contributed by atoms with Gasteiger partial charge >= 0.3 is 11.9 Å². The zero-order valence-corrected chi connectivity index (χ0v) is 13.5. The zero-order valence-electron chi connectivity index (χ0n) is 13.5. The molecule has 126 valence electrons. The molecule has 0 aliphatic heterocycles. The highest BCUT2D eigenvalue weighted by atomic mass is 16.5. The Labute approximate surface area is 140 Å². The van der Waals surface area contributed by atoms with Crippen molar-refractivity contribution in [2.45, 2.75) is 12.8 Å². The summed E-state index contributed by atoms with van der Waals surface area (Å²) in [6.45, 7) is 0. The van der Waals surface area contributed by atoms with Crippen LogP contribution in [0, 0.1) is 0 Å². The molecule has 1 amide bonds. The van der Waals surface area contributed by atoms with Crippen LogP contribution in [-0.4, -0.2) is 31.2 Å². The maximum absolute atomic E-state index is 11.1. The van der Waals surface area contributed by atoms with E-state index in [9.17, 15) is 9.59 Å². The summed E-state index contributed by atoms with van der Waals surface area (Å²) in [5.74, 6) is -1.16. The molecule has 6 nitrogen and oxygen atoms in total. The Morgan fingerprint density at radius 2 is 1.50 bits per heavy atom. The summed E-state index contributed by atoms with van der Waals surface area (Å²) in [7, 11) is 3.20. The van der Waals surface area contributed by atoms with Crippen LogP contribution in [0.15, 0.2) is 42.5 Å². The second kappa shape index (κ2) is 8.01. The predicted octanol–water partition coefficient (Wildman–Crippen LogP) is 2.51. The van der Waals surface area contributed by atoms with Gasteiger partial charge in [0.05, 0.1) is 14.2 Å². The summed E-state index contributed by atoms with van der Waals surface area (Å²) < 4.78 is 10.5. The lowest BCUT2D eigenvalue weighted by Gasteiger charge is -2.10. The Morgan fingerprint density at radius 1 is 0.917 bits per heavy atom. The van der Waals surface area contributed by atoms with Crippen LogP contribution in [0.2, 0.25) is 0 Å². The fourth-order valence-electron chi connectivity index (χ4n) is 2.26. The van der Waals surface area contributed by atoms with Crippen LogP contribution in [0.4, 0.5) is 5.69 Å². The molecule has 0 spiro atoms. The highest BCUT2D eigenvalue weighted by molar-refractivity contribution is 6.36. The Kier molecular flexibility index (Phi) is 5.78. The molecule has 0 radical (unpaired) electrons. The number of nitrogens with one attached hydrogen (secondary N) is 1. The van der Waals surface area contributed by atoms with Crippen molar-refractivity contribution < 1.29 is 24.2 Å². The minimum Gasteiger partial charge on any atom is -0.493 e. The van der Waals surface area contributed by atoms with E-state index in [1.54, 1.807) is 26.4 Å². The van der Waals surface area contributed by atoms with Crippen molar-refractivity contribution in [3.05, 3.63) is 53.6 Å². The van der Waals surface area contributed by atoms with Gasteiger partial charge in [-0.15, -0.1) is 0 Å². The Bertz CT molecular complexity index is 725. The van der Waals surface area contributed by atoms with Gasteiger partial charge < -0.3 is 19.9 Å². The first-order chi connectivity index (χ1) is 11.5. The largest absolute Gasteiger partial charge is 0.493 e. The minimum absolute atomic E-state index is 0.456. The van der Waals surface area contributed by atoms with Crippen LogP contribution in [-0.2, 0) is 22.4 Å². The third-order valence-electron chi connectivity index (χ3n) is 3.56. The van der Waals surface area contributed by atoms with Gasteiger partial charge in [-0.2, -0.15) is 0 Å². The summed E-state index contributed by atoms with van der Waals surface area (Å²) in [5, 5.41) is 10.9. The molecule has 2 N–H and O–H groups in total. The number of rotatable bonds is 6. The summed E-state index contributed by atoms with van der Waals surface area (Å²) in [6.07, 6.45) is 1.63. The van der Waals surface area contributed by atoms with E-state index < -0.39 is 11.9 Å². The number of methoxy groups -OCH3 is 2. The molecule has 0 saturated heterocycles. The summed E-state index contributed by atoms with van der Waals surface area (Å²) in [5.41, 5.74) is 2.66. The number of carboxylic acids is 1. The molecule has 0 saturated carbocycles. The quantitative estimate of drug-likeness (QED) is 0.796. The number of hydrogen-bond acceptors (Lipinski definition) is 4. The third kappa shape index (κ3) is 4.49. The van der Waals surface area contributed by atoms with Crippen LogP contribution in [0.25, 0.3) is 0 Å². The van der Waals surface area contributed by atoms with Gasteiger partial charge in [0.25, 0.3) is 0 Å². The summed E-state index contributed by atoms with van der Waals surface area (Å²) >= 11 is 0. The molecule has 6 heteroatoms. The van der Waals surface area contributed by atoms with Crippen molar-refractivity contribution in [2.75, 3.05) is 19.5 Å². The zero-order chi connectivity index (χ0) is 17.5. The average Bonchev–Trinajstić information content (AvgIpc) is 2.60. The number of aliphatic carboxylic acids is 1. The highest BCUT2D eigenvalue weighted by Crippen LogP contribution is 2.28. The molecule has 0 aromatic heterocycles. The van der Waals surface area contributed by atoms with E-state index in [1.165, 1.54) is 0 Å². The number of benzene rings is 2. The van der Waals surface area contributed by atoms with Crippen molar-refractivity contribution in [1.29, 1.82) is 0 Å². The van der Waals surface area contributed by atoms with Gasteiger partial charge in [0.1, 0.15) is 0 Å². The number of hydrogen-bond donors (Lipinski definition) is 2. The maximum Gasteiger partial charge on any atom is 0.394 e. The van der Waals surface area contributed by atoms with Gasteiger partial charge in [-0.25, -0.2) is 4.79 Å². The molecule has 0 aliphatic carbocycles. The Morgan fingerprint density at radius 3 is 2.08 bits per heavy atom. The molecule has 0 aliphatic rings. The van der Waals surface area contributed by atoms with Crippen molar-refractivity contribution in [2.24, 2.45) is 0 Å². The molecule has 0 heterocycles. The second-order valence-electron chi connectivity index (χ2n) is 5.15. The standard InChI is InChI=1S/C18H19NO5/c1-23-15-10-7-13(11-16(15)24-2)4-3-12-5-8-14(9-6-12)19-17(20)18(21)22/h5-11H,3-4H2,1-2H3,(H,19,20)(H,21,22). The van der Waals surface area contributed by atoms with Crippen molar-refractivity contribution in [1.82, 2.24) is 0 Å². The van der Waals surface area contributed by atoms with E-state index in [4.69, 9.17) is 14.6 Å². The van der Waals surface area contributed by atoms with E-state index in [0.717, 1.165) is 24.0 Å². The normalized spacial score (nSPS) is 10.1. The summed E-state index contributed by atoms with van der Waals surface area (Å²) in [6, 6.07) is 12.9. The molecular weight excluding hydrogens is 310 g/mol. The number of amides is 1. The SMILES string of the molecule is COc1ccc(CCc2ccc(NC(=O)C(=O)O)cc2)cc1OC. The number of carbonyl (C=O) groups is 2. The molecule has 0 unspecified atom stereocenters. The van der Waals surface area contributed by atoms with Crippen LogP contribution in [0.1, 0.15) is 11.1 Å². The first-order valence-electron chi connectivity index (χ1n) is 7.37. The lowest BCUT2D eigenvalue weighted by molar-refractivity contribution is -0.147. The molecular formula is C18H19NO5. The first-order valence-corrected chi connectivity index (χ1v) is 7.37. The van der Waals surface area contributed by atoms with Crippen LogP contribution in [0.3, 0.4) is 0 Å². The fourth-order valence-corrected chi connectivity index (χ4v) is 2.26. The first kappa shape index (κ1) is 17.3. The van der Waals surface area contributed by atoms with E-state index in [1.807, 2.05) is 30.3 Å². The van der Waals surface area contributed by atoms with Gasteiger partial charge in [0.15, 0.2) is 11.5 Å². The van der Waals surface area contributed by atoms with Gasteiger partial charge in [0, 0.05) is 5.69 Å². The second-order valence-corrected chi connectivity index (χ2v) is 5.15. The lowest BCUT2D eigenvalue weighted by Crippen LogP contribution is -2.21. The van der Waals surface area contributed by atoms with E-state index in [2.05, 4.69) is 5.32 Å². The lowest BCUT2D eigenvalue weighted by atomic mass is 10.0. The number of anilines is 1. The number of carbonyl (C=O) groups excluding carboxylic acids is 1. The maximum atomic E-state index is 11.1. The van der Waals surface area contributed by atoms with Crippen molar-refractivity contribution in [3.8, 4) is 11.5 Å². The molecule has 0 fully saturated rings. The predicted molar refractivity (Wildman–Crippen MR) is 89.7 cm³/mol. The monoisotopic (exact) mass is 329 g/mol. The molecule has 2 aromatic carbocycles. The number of aryl methyl sites for hydroxylation is 2.